The first-order valence-corrected chi connectivity index (χ1v) is 7.26. The van der Waals surface area contributed by atoms with Crippen molar-refractivity contribution in [1.29, 1.82) is 0 Å². The molecule has 0 saturated carbocycles. The standard InChI is InChI=1S/C14H30N2O2/c1-4-5-13(2)10-15-11-14(3,17)12-16-6-8-18-9-7-16/h13,15,17H,4-12H2,1-3H3. The van der Waals surface area contributed by atoms with Gasteiger partial charge in [-0.25, -0.2) is 0 Å². The number of rotatable bonds is 8. The number of nitrogens with one attached hydrogen (secondary N) is 1. The third-order valence-electron chi connectivity index (χ3n) is 3.45. The lowest BCUT2D eigenvalue weighted by Gasteiger charge is -2.34. The van der Waals surface area contributed by atoms with Crippen LogP contribution in [0.2, 0.25) is 0 Å². The summed E-state index contributed by atoms with van der Waals surface area (Å²) in [5.74, 6) is 0.689. The van der Waals surface area contributed by atoms with Crippen LogP contribution in [0.25, 0.3) is 0 Å². The quantitative estimate of drug-likeness (QED) is 0.684. The highest BCUT2D eigenvalue weighted by atomic mass is 16.5. The average molecular weight is 258 g/mol. The van der Waals surface area contributed by atoms with Crippen molar-refractivity contribution < 1.29 is 9.84 Å². The maximum Gasteiger partial charge on any atom is 0.0869 e. The van der Waals surface area contributed by atoms with E-state index in [1.54, 1.807) is 0 Å². The van der Waals surface area contributed by atoms with Crippen LogP contribution >= 0.6 is 0 Å². The SMILES string of the molecule is CCCC(C)CNCC(C)(O)CN1CCOCC1. The van der Waals surface area contributed by atoms with Gasteiger partial charge in [-0.05, 0) is 25.8 Å². The lowest BCUT2D eigenvalue weighted by molar-refractivity contribution is -0.0220. The second-order valence-electron chi connectivity index (χ2n) is 5.91. The first-order valence-electron chi connectivity index (χ1n) is 7.26. The normalized spacial score (nSPS) is 22.7. The highest BCUT2D eigenvalue weighted by molar-refractivity contribution is 4.81. The van der Waals surface area contributed by atoms with Crippen molar-refractivity contribution in [3.8, 4) is 0 Å². The van der Waals surface area contributed by atoms with E-state index >= 15 is 0 Å². The molecule has 4 heteroatoms. The van der Waals surface area contributed by atoms with Crippen molar-refractivity contribution in [1.82, 2.24) is 10.2 Å². The number of hydrogen-bond donors (Lipinski definition) is 2. The van der Waals surface area contributed by atoms with Gasteiger partial charge < -0.3 is 15.2 Å². The fraction of sp³-hybridized carbons (Fsp3) is 1.00. The predicted molar refractivity (Wildman–Crippen MR) is 74.8 cm³/mol. The highest BCUT2D eigenvalue weighted by Gasteiger charge is 2.24. The molecule has 0 aromatic rings. The van der Waals surface area contributed by atoms with E-state index in [0.29, 0.717) is 12.5 Å². The Balaban J connectivity index is 2.17. The molecule has 1 aliphatic rings. The van der Waals surface area contributed by atoms with E-state index in [1.165, 1.54) is 12.8 Å². The minimum Gasteiger partial charge on any atom is -0.388 e. The molecule has 0 aromatic carbocycles. The van der Waals surface area contributed by atoms with Crippen molar-refractivity contribution in [2.24, 2.45) is 5.92 Å². The van der Waals surface area contributed by atoms with Crippen LogP contribution in [0.1, 0.15) is 33.6 Å². The first kappa shape index (κ1) is 15.9. The molecule has 2 atom stereocenters. The molecule has 1 aliphatic heterocycles. The molecule has 1 fully saturated rings. The highest BCUT2D eigenvalue weighted by Crippen LogP contribution is 2.08. The van der Waals surface area contributed by atoms with E-state index in [9.17, 15) is 5.11 Å². The van der Waals surface area contributed by atoms with Crippen molar-refractivity contribution in [2.45, 2.75) is 39.2 Å². The molecule has 2 N–H and O–H groups in total. The van der Waals surface area contributed by atoms with Crippen LogP contribution in [0.15, 0.2) is 0 Å². The van der Waals surface area contributed by atoms with Gasteiger partial charge in [-0.2, -0.15) is 0 Å². The van der Waals surface area contributed by atoms with Crippen LogP contribution in [0.5, 0.6) is 0 Å². The Morgan fingerprint density at radius 1 is 1.39 bits per heavy atom. The van der Waals surface area contributed by atoms with Crippen LogP contribution in [0.4, 0.5) is 0 Å². The van der Waals surface area contributed by atoms with Gasteiger partial charge in [0, 0.05) is 26.2 Å². The zero-order chi connectivity index (χ0) is 13.4. The summed E-state index contributed by atoms with van der Waals surface area (Å²) in [5, 5.41) is 13.8. The minimum atomic E-state index is -0.650. The van der Waals surface area contributed by atoms with E-state index in [1.807, 2.05) is 6.92 Å². The molecule has 0 amide bonds. The van der Waals surface area contributed by atoms with Crippen molar-refractivity contribution >= 4 is 0 Å². The third-order valence-corrected chi connectivity index (χ3v) is 3.45. The zero-order valence-electron chi connectivity index (χ0n) is 12.2. The average Bonchev–Trinajstić information content (AvgIpc) is 2.29. The van der Waals surface area contributed by atoms with E-state index in [2.05, 4.69) is 24.1 Å². The second-order valence-corrected chi connectivity index (χ2v) is 5.91. The zero-order valence-corrected chi connectivity index (χ0v) is 12.2. The molecule has 1 rings (SSSR count). The van der Waals surface area contributed by atoms with Gasteiger partial charge in [-0.15, -0.1) is 0 Å². The first-order chi connectivity index (χ1) is 8.53. The summed E-state index contributed by atoms with van der Waals surface area (Å²) in [5.41, 5.74) is -0.650. The van der Waals surface area contributed by atoms with Crippen LogP contribution in [0.3, 0.4) is 0 Å². The largest absolute Gasteiger partial charge is 0.388 e. The van der Waals surface area contributed by atoms with Gasteiger partial charge in [-0.1, -0.05) is 20.3 Å². The van der Waals surface area contributed by atoms with Crippen LogP contribution in [-0.2, 0) is 4.74 Å². The maximum absolute atomic E-state index is 10.4. The molecule has 4 nitrogen and oxygen atoms in total. The van der Waals surface area contributed by atoms with Crippen LogP contribution in [0, 0.1) is 5.92 Å². The molecule has 18 heavy (non-hydrogen) atoms. The van der Waals surface area contributed by atoms with Crippen molar-refractivity contribution in [3.63, 3.8) is 0 Å². The number of morpholine rings is 1. The fourth-order valence-electron chi connectivity index (χ4n) is 2.48. The van der Waals surface area contributed by atoms with Gasteiger partial charge in [0.05, 0.1) is 18.8 Å². The topological polar surface area (TPSA) is 44.7 Å². The smallest absolute Gasteiger partial charge is 0.0869 e. The number of nitrogens with zero attached hydrogens (tertiary/aromatic N) is 1. The van der Waals surface area contributed by atoms with Gasteiger partial charge in [0.15, 0.2) is 0 Å². The molecule has 0 bridgehead atoms. The Labute approximate surface area is 112 Å². The molecule has 0 aromatic heterocycles. The van der Waals surface area contributed by atoms with Crippen LogP contribution < -0.4 is 5.32 Å². The number of ether oxygens (including phenoxy) is 1. The van der Waals surface area contributed by atoms with Gasteiger partial charge in [0.2, 0.25) is 0 Å². The van der Waals surface area contributed by atoms with Crippen molar-refractivity contribution in [3.05, 3.63) is 0 Å². The third kappa shape index (κ3) is 6.69. The van der Waals surface area contributed by atoms with E-state index in [0.717, 1.165) is 39.4 Å². The van der Waals surface area contributed by atoms with Gasteiger partial charge >= 0.3 is 0 Å². The molecule has 108 valence electrons. The Bertz CT molecular complexity index is 216. The maximum atomic E-state index is 10.4. The van der Waals surface area contributed by atoms with E-state index in [4.69, 9.17) is 4.74 Å². The van der Waals surface area contributed by atoms with E-state index < -0.39 is 5.60 Å². The summed E-state index contributed by atoms with van der Waals surface area (Å²) in [6.07, 6.45) is 2.48. The fourth-order valence-corrected chi connectivity index (χ4v) is 2.48. The van der Waals surface area contributed by atoms with Crippen molar-refractivity contribution in [2.75, 3.05) is 45.9 Å². The molecule has 0 radical (unpaired) electrons. The molecule has 0 spiro atoms. The molecule has 1 heterocycles. The molecule has 0 aliphatic carbocycles. The Morgan fingerprint density at radius 3 is 2.67 bits per heavy atom. The molecular weight excluding hydrogens is 228 g/mol. The van der Waals surface area contributed by atoms with Gasteiger partial charge in [0.1, 0.15) is 0 Å². The summed E-state index contributed by atoms with van der Waals surface area (Å²) in [6, 6.07) is 0. The Hall–Kier alpha value is -0.160. The molecule has 2 unspecified atom stereocenters. The van der Waals surface area contributed by atoms with Gasteiger partial charge in [-0.3, -0.25) is 4.90 Å². The monoisotopic (exact) mass is 258 g/mol. The summed E-state index contributed by atoms with van der Waals surface area (Å²) >= 11 is 0. The number of β-amino-alcohol motifs (C(OH)–C–C–N with tert-alkyl or cyclic N) is 1. The summed E-state index contributed by atoms with van der Waals surface area (Å²) in [4.78, 5) is 2.28. The Kier molecular flexibility index (Phi) is 7.15. The predicted octanol–water partition coefficient (Wildman–Crippen LogP) is 1.10. The Morgan fingerprint density at radius 2 is 2.06 bits per heavy atom. The molecular formula is C14H30N2O2. The number of aliphatic hydroxyl groups is 1. The number of hydrogen-bond acceptors (Lipinski definition) is 4. The van der Waals surface area contributed by atoms with Gasteiger partial charge in [0.25, 0.3) is 0 Å². The lowest BCUT2D eigenvalue weighted by atomic mass is 10.0. The summed E-state index contributed by atoms with van der Waals surface area (Å²) in [6.45, 7) is 12.2. The second kappa shape index (κ2) is 8.10. The minimum absolute atomic E-state index is 0.650. The summed E-state index contributed by atoms with van der Waals surface area (Å²) in [7, 11) is 0. The summed E-state index contributed by atoms with van der Waals surface area (Å²) < 4.78 is 5.31. The lowest BCUT2D eigenvalue weighted by Crippen LogP contribution is -2.50. The van der Waals surface area contributed by atoms with Crippen LogP contribution in [-0.4, -0.2) is 61.5 Å². The molecule has 1 saturated heterocycles. The van der Waals surface area contributed by atoms with E-state index in [-0.39, 0.29) is 0 Å².